The second-order valence-electron chi connectivity index (χ2n) is 5.93. The number of ether oxygens (including phenoxy) is 2. The standard InChI is InChI=1S/C20H13I4NO4/c21-14-4-12(6-18(26)27)5-15(22)20(14)29-13-7-16(23)19(17(24)8-13)28-10-11-2-1-3-25-9-11/h1-5,7-9H,6,10H2,(H,26,27). The van der Waals surface area contributed by atoms with Gasteiger partial charge in [-0.15, -0.1) is 0 Å². The second kappa shape index (κ2) is 10.7. The van der Waals surface area contributed by atoms with Gasteiger partial charge in [0.1, 0.15) is 18.1 Å². The summed E-state index contributed by atoms with van der Waals surface area (Å²) in [4.78, 5) is 15.1. The fraction of sp³-hybridized carbons (Fsp3) is 0.100. The van der Waals surface area contributed by atoms with E-state index in [4.69, 9.17) is 14.6 Å². The summed E-state index contributed by atoms with van der Waals surface area (Å²) < 4.78 is 15.8. The summed E-state index contributed by atoms with van der Waals surface area (Å²) in [6, 6.07) is 11.4. The van der Waals surface area contributed by atoms with Gasteiger partial charge < -0.3 is 14.6 Å². The number of hydrogen-bond acceptors (Lipinski definition) is 4. The van der Waals surface area contributed by atoms with E-state index in [0.29, 0.717) is 12.4 Å². The molecule has 0 saturated carbocycles. The van der Waals surface area contributed by atoms with E-state index in [2.05, 4.69) is 95.3 Å². The summed E-state index contributed by atoms with van der Waals surface area (Å²) in [5.74, 6) is 1.38. The smallest absolute Gasteiger partial charge is 0.307 e. The Morgan fingerprint density at radius 2 is 1.55 bits per heavy atom. The molecule has 1 N–H and O–H groups in total. The third-order valence-electron chi connectivity index (χ3n) is 3.71. The zero-order valence-electron chi connectivity index (χ0n) is 14.7. The Labute approximate surface area is 222 Å². The molecule has 3 aromatic rings. The van der Waals surface area contributed by atoms with E-state index in [1.807, 2.05) is 36.4 Å². The van der Waals surface area contributed by atoms with Crippen LogP contribution in [0.3, 0.4) is 0 Å². The highest BCUT2D eigenvalue weighted by Gasteiger charge is 2.15. The Bertz CT molecular complexity index is 998. The van der Waals surface area contributed by atoms with Gasteiger partial charge in [-0.25, -0.2) is 0 Å². The molecule has 1 heterocycles. The van der Waals surface area contributed by atoms with Crippen molar-refractivity contribution >= 4 is 96.3 Å². The molecule has 0 bridgehead atoms. The van der Waals surface area contributed by atoms with E-state index >= 15 is 0 Å². The molecule has 9 heteroatoms. The van der Waals surface area contributed by atoms with Crippen LogP contribution in [0.15, 0.2) is 48.8 Å². The predicted molar refractivity (Wildman–Crippen MR) is 144 cm³/mol. The molecule has 1 aromatic heterocycles. The number of rotatable bonds is 7. The molecule has 0 aliphatic rings. The number of carbonyl (C=O) groups is 1. The molecule has 0 unspecified atom stereocenters. The average Bonchev–Trinajstić information content (AvgIpc) is 2.64. The molecule has 3 rings (SSSR count). The number of nitrogens with zero attached hydrogens (tertiary/aromatic N) is 1. The monoisotopic (exact) mass is 839 g/mol. The van der Waals surface area contributed by atoms with Crippen molar-refractivity contribution in [1.29, 1.82) is 0 Å². The highest BCUT2D eigenvalue weighted by molar-refractivity contribution is 14.1. The first-order valence-corrected chi connectivity index (χ1v) is 12.5. The van der Waals surface area contributed by atoms with Gasteiger partial charge in [-0.1, -0.05) is 6.07 Å². The first kappa shape index (κ1) is 23.2. The Kier molecular flexibility index (Phi) is 8.62. The molecular weight excluding hydrogens is 826 g/mol. The SMILES string of the molecule is O=C(O)Cc1cc(I)c(Oc2cc(I)c(OCc3cccnc3)c(I)c2)c(I)c1. The number of aromatic nitrogens is 1. The maximum Gasteiger partial charge on any atom is 0.307 e. The van der Waals surface area contributed by atoms with E-state index in [0.717, 1.165) is 36.9 Å². The number of halogens is 4. The number of carboxylic acid groups (broad SMARTS) is 1. The summed E-state index contributed by atoms with van der Waals surface area (Å²) >= 11 is 8.82. The van der Waals surface area contributed by atoms with Crippen LogP contribution in [0.2, 0.25) is 0 Å². The minimum Gasteiger partial charge on any atom is -0.487 e. The lowest BCUT2D eigenvalue weighted by Gasteiger charge is -2.15. The topological polar surface area (TPSA) is 68.7 Å². The number of pyridine rings is 1. The van der Waals surface area contributed by atoms with E-state index in [-0.39, 0.29) is 6.42 Å². The Hall–Kier alpha value is -0.420. The lowest BCUT2D eigenvalue weighted by atomic mass is 10.1. The van der Waals surface area contributed by atoms with E-state index in [1.54, 1.807) is 12.4 Å². The molecule has 0 atom stereocenters. The van der Waals surface area contributed by atoms with Crippen molar-refractivity contribution in [2.45, 2.75) is 13.0 Å². The Morgan fingerprint density at radius 3 is 2.10 bits per heavy atom. The summed E-state index contributed by atoms with van der Waals surface area (Å²) in [6.45, 7) is 0.445. The molecule has 150 valence electrons. The largest absolute Gasteiger partial charge is 0.487 e. The lowest BCUT2D eigenvalue weighted by molar-refractivity contribution is -0.136. The summed E-state index contributed by atoms with van der Waals surface area (Å²) in [6.07, 6.45) is 3.51. The van der Waals surface area contributed by atoms with Gasteiger partial charge in [0.2, 0.25) is 0 Å². The van der Waals surface area contributed by atoms with Gasteiger partial charge in [-0.05, 0) is 126 Å². The van der Waals surface area contributed by atoms with Crippen molar-refractivity contribution in [3.63, 3.8) is 0 Å². The van der Waals surface area contributed by atoms with Gasteiger partial charge in [0, 0.05) is 18.0 Å². The quantitative estimate of drug-likeness (QED) is 0.276. The summed E-state index contributed by atoms with van der Waals surface area (Å²) in [7, 11) is 0. The van der Waals surface area contributed by atoms with Crippen LogP contribution in [0.5, 0.6) is 17.2 Å². The summed E-state index contributed by atoms with van der Waals surface area (Å²) in [5, 5.41) is 9.00. The van der Waals surface area contributed by atoms with Crippen LogP contribution in [-0.4, -0.2) is 16.1 Å². The van der Waals surface area contributed by atoms with Gasteiger partial charge >= 0.3 is 5.97 Å². The first-order chi connectivity index (χ1) is 13.8. The molecule has 0 saturated heterocycles. The zero-order chi connectivity index (χ0) is 21.0. The summed E-state index contributed by atoms with van der Waals surface area (Å²) in [5.41, 5.74) is 1.76. The van der Waals surface area contributed by atoms with Crippen LogP contribution in [0, 0.1) is 14.3 Å². The maximum absolute atomic E-state index is 11.0. The van der Waals surface area contributed by atoms with Crippen LogP contribution in [0.4, 0.5) is 0 Å². The number of aliphatic carboxylic acids is 1. The number of hydrogen-bond donors (Lipinski definition) is 1. The molecule has 0 fully saturated rings. The predicted octanol–water partition coefficient (Wildman–Crippen LogP) is 6.50. The van der Waals surface area contributed by atoms with Gasteiger partial charge in [0.05, 0.1) is 20.7 Å². The molecule has 29 heavy (non-hydrogen) atoms. The van der Waals surface area contributed by atoms with Crippen molar-refractivity contribution in [3.8, 4) is 17.2 Å². The van der Waals surface area contributed by atoms with Crippen LogP contribution < -0.4 is 9.47 Å². The van der Waals surface area contributed by atoms with Crippen molar-refractivity contribution in [1.82, 2.24) is 4.98 Å². The number of carboxylic acids is 1. The van der Waals surface area contributed by atoms with Gasteiger partial charge in [0.15, 0.2) is 5.75 Å². The molecule has 0 aliphatic carbocycles. The third-order valence-corrected chi connectivity index (χ3v) is 6.92. The van der Waals surface area contributed by atoms with Gasteiger partial charge in [-0.2, -0.15) is 0 Å². The number of benzene rings is 2. The maximum atomic E-state index is 11.0. The molecule has 5 nitrogen and oxygen atoms in total. The van der Waals surface area contributed by atoms with Crippen LogP contribution in [0.1, 0.15) is 11.1 Å². The molecular formula is C20H13I4NO4. The highest BCUT2D eigenvalue weighted by atomic mass is 127. The minimum absolute atomic E-state index is 0.00888. The molecule has 0 radical (unpaired) electrons. The molecule has 0 spiro atoms. The van der Waals surface area contributed by atoms with Crippen LogP contribution in [0.25, 0.3) is 0 Å². The van der Waals surface area contributed by atoms with Crippen molar-refractivity contribution in [2.75, 3.05) is 0 Å². The van der Waals surface area contributed by atoms with Gasteiger partial charge in [-0.3, -0.25) is 9.78 Å². The second-order valence-corrected chi connectivity index (χ2v) is 10.6. The van der Waals surface area contributed by atoms with Crippen molar-refractivity contribution in [3.05, 3.63) is 74.2 Å². The fourth-order valence-corrected chi connectivity index (χ4v) is 6.62. The van der Waals surface area contributed by atoms with Crippen molar-refractivity contribution < 1.29 is 19.4 Å². The third kappa shape index (κ3) is 6.53. The fourth-order valence-electron chi connectivity index (χ4n) is 2.48. The van der Waals surface area contributed by atoms with Crippen molar-refractivity contribution in [2.24, 2.45) is 0 Å². The van der Waals surface area contributed by atoms with Crippen LogP contribution >= 0.6 is 90.4 Å². The first-order valence-electron chi connectivity index (χ1n) is 8.22. The van der Waals surface area contributed by atoms with E-state index in [9.17, 15) is 4.79 Å². The Morgan fingerprint density at radius 1 is 0.931 bits per heavy atom. The Balaban J connectivity index is 1.79. The minimum atomic E-state index is -0.851. The molecule has 2 aromatic carbocycles. The molecule has 0 aliphatic heterocycles. The highest BCUT2D eigenvalue weighted by Crippen LogP contribution is 2.37. The average molecular weight is 839 g/mol. The van der Waals surface area contributed by atoms with E-state index < -0.39 is 5.97 Å². The van der Waals surface area contributed by atoms with Crippen LogP contribution in [-0.2, 0) is 17.8 Å². The molecule has 0 amide bonds. The zero-order valence-corrected chi connectivity index (χ0v) is 23.3. The lowest BCUT2D eigenvalue weighted by Crippen LogP contribution is -2.02. The van der Waals surface area contributed by atoms with Gasteiger partial charge in [0.25, 0.3) is 0 Å². The van der Waals surface area contributed by atoms with E-state index in [1.165, 1.54) is 0 Å². The normalized spacial score (nSPS) is 10.6.